The van der Waals surface area contributed by atoms with Gasteiger partial charge in [0.25, 0.3) is 0 Å². The molecule has 0 saturated heterocycles. The van der Waals surface area contributed by atoms with E-state index in [1.54, 1.807) is 22.8 Å². The van der Waals surface area contributed by atoms with Gasteiger partial charge in [-0.3, -0.25) is 20.0 Å². The van der Waals surface area contributed by atoms with Crippen LogP contribution in [0.4, 0.5) is 0 Å². The van der Waals surface area contributed by atoms with Crippen LogP contribution in [-0.4, -0.2) is 37.2 Å². The molecule has 0 bridgehead atoms. The standard InChI is InChI=1S/C20H21N7O2/c28-20(24-29)9-8-16-13-26(25-23-16)14-19-22-17-6-1-2-7-18(17)27(19)12-10-15-5-3-4-11-21-15/h1-8,11,29H,9-10,12-14H2,(H,24,28)/b16-8-. The molecule has 0 spiro atoms. The molecule has 3 aromatic rings. The number of hydrogen-bond donors (Lipinski definition) is 2. The van der Waals surface area contributed by atoms with Gasteiger partial charge < -0.3 is 4.57 Å². The van der Waals surface area contributed by atoms with Crippen molar-refractivity contribution in [1.82, 2.24) is 25.0 Å². The van der Waals surface area contributed by atoms with E-state index in [-0.39, 0.29) is 6.42 Å². The highest BCUT2D eigenvalue weighted by molar-refractivity contribution is 5.76. The number of rotatable bonds is 7. The molecule has 29 heavy (non-hydrogen) atoms. The van der Waals surface area contributed by atoms with Crippen LogP contribution in [0.3, 0.4) is 0 Å². The average Bonchev–Trinajstić information content (AvgIpc) is 3.35. The lowest BCUT2D eigenvalue weighted by molar-refractivity contribution is -0.128. The number of pyridine rings is 1. The zero-order chi connectivity index (χ0) is 20.1. The molecular formula is C20H21N7O2. The van der Waals surface area contributed by atoms with E-state index in [4.69, 9.17) is 10.2 Å². The third-order valence-electron chi connectivity index (χ3n) is 4.67. The number of imidazole rings is 1. The van der Waals surface area contributed by atoms with Gasteiger partial charge in [0.15, 0.2) is 0 Å². The minimum atomic E-state index is -0.484. The molecule has 0 atom stereocenters. The number of nitrogens with zero attached hydrogens (tertiary/aromatic N) is 6. The van der Waals surface area contributed by atoms with Crippen LogP contribution in [0.25, 0.3) is 11.0 Å². The number of aromatic nitrogens is 3. The number of benzene rings is 1. The van der Waals surface area contributed by atoms with Gasteiger partial charge in [0.2, 0.25) is 5.91 Å². The number of hydrogen-bond acceptors (Lipinski definition) is 7. The fourth-order valence-electron chi connectivity index (χ4n) is 3.25. The van der Waals surface area contributed by atoms with Crippen molar-refractivity contribution in [1.29, 1.82) is 0 Å². The number of hydroxylamine groups is 1. The minimum absolute atomic E-state index is 0.0568. The molecule has 0 aliphatic carbocycles. The molecule has 9 heteroatoms. The van der Waals surface area contributed by atoms with E-state index in [0.717, 1.165) is 35.5 Å². The summed E-state index contributed by atoms with van der Waals surface area (Å²) in [5.74, 6) is 0.415. The van der Waals surface area contributed by atoms with Crippen molar-refractivity contribution in [3.05, 3.63) is 72.0 Å². The normalized spacial score (nSPS) is 14.8. The number of para-hydroxylation sites is 2. The fraction of sp³-hybridized carbons (Fsp3) is 0.250. The van der Waals surface area contributed by atoms with Crippen molar-refractivity contribution in [2.75, 3.05) is 6.54 Å². The summed E-state index contributed by atoms with van der Waals surface area (Å²) in [5.41, 5.74) is 5.33. The smallest absolute Gasteiger partial charge is 0.247 e. The lowest BCUT2D eigenvalue weighted by atomic mass is 10.2. The van der Waals surface area contributed by atoms with E-state index >= 15 is 0 Å². The number of aryl methyl sites for hydroxylation is 2. The van der Waals surface area contributed by atoms with E-state index in [1.165, 1.54) is 0 Å². The van der Waals surface area contributed by atoms with E-state index in [0.29, 0.717) is 18.8 Å². The van der Waals surface area contributed by atoms with Crippen molar-refractivity contribution < 1.29 is 10.0 Å². The SMILES string of the molecule is O=C(C/C=C1/CN(Cc2nc3ccccc3n2CCc2ccccn2)N=N1)NO. The Hall–Kier alpha value is -3.59. The minimum Gasteiger partial charge on any atom is -0.326 e. The fourth-order valence-corrected chi connectivity index (χ4v) is 3.25. The summed E-state index contributed by atoms with van der Waals surface area (Å²) in [6.45, 7) is 1.75. The molecule has 1 amide bonds. The maximum Gasteiger partial charge on any atom is 0.247 e. The zero-order valence-electron chi connectivity index (χ0n) is 15.8. The predicted molar refractivity (Wildman–Crippen MR) is 106 cm³/mol. The Labute approximate surface area is 167 Å². The van der Waals surface area contributed by atoms with Crippen molar-refractivity contribution in [2.24, 2.45) is 10.3 Å². The monoisotopic (exact) mass is 391 g/mol. The Kier molecular flexibility index (Phi) is 5.57. The lowest BCUT2D eigenvalue weighted by Crippen LogP contribution is -2.19. The second-order valence-electron chi connectivity index (χ2n) is 6.69. The summed E-state index contributed by atoms with van der Waals surface area (Å²) in [7, 11) is 0. The molecule has 0 unspecified atom stereocenters. The van der Waals surface area contributed by atoms with E-state index < -0.39 is 5.91 Å². The van der Waals surface area contributed by atoms with Gasteiger partial charge >= 0.3 is 0 Å². The lowest BCUT2D eigenvalue weighted by Gasteiger charge is -2.14. The van der Waals surface area contributed by atoms with Crippen molar-refractivity contribution in [3.63, 3.8) is 0 Å². The molecule has 0 saturated carbocycles. The third kappa shape index (κ3) is 4.46. The van der Waals surface area contributed by atoms with Crippen LogP contribution >= 0.6 is 0 Å². The van der Waals surface area contributed by atoms with Crippen LogP contribution in [0.15, 0.2) is 70.8 Å². The predicted octanol–water partition coefficient (Wildman–Crippen LogP) is 2.64. The highest BCUT2D eigenvalue weighted by Gasteiger charge is 2.18. The first-order valence-electron chi connectivity index (χ1n) is 9.35. The van der Waals surface area contributed by atoms with Gasteiger partial charge in [0.1, 0.15) is 5.82 Å². The number of carbonyl (C=O) groups excluding carboxylic acids is 1. The molecule has 0 radical (unpaired) electrons. The van der Waals surface area contributed by atoms with Gasteiger partial charge in [-0.25, -0.2) is 10.5 Å². The summed E-state index contributed by atoms with van der Waals surface area (Å²) in [6, 6.07) is 14.0. The Morgan fingerprint density at radius 1 is 1.21 bits per heavy atom. The first kappa shape index (κ1) is 18.8. The van der Waals surface area contributed by atoms with E-state index in [9.17, 15) is 4.79 Å². The van der Waals surface area contributed by atoms with Gasteiger partial charge in [-0.15, -0.1) is 5.11 Å². The number of nitrogens with one attached hydrogen (secondary N) is 1. The van der Waals surface area contributed by atoms with Gasteiger partial charge in [-0.2, -0.15) is 0 Å². The van der Waals surface area contributed by atoms with E-state index in [2.05, 4.69) is 26.0 Å². The molecule has 3 heterocycles. The Balaban J connectivity index is 1.50. The van der Waals surface area contributed by atoms with Crippen LogP contribution in [0.2, 0.25) is 0 Å². The topological polar surface area (TPSA) is 108 Å². The number of fused-ring (bicyclic) bond motifs is 1. The highest BCUT2D eigenvalue weighted by atomic mass is 16.5. The van der Waals surface area contributed by atoms with Crippen LogP contribution < -0.4 is 5.48 Å². The summed E-state index contributed by atoms with van der Waals surface area (Å²) < 4.78 is 2.19. The molecule has 4 rings (SSSR count). The molecule has 2 N–H and O–H groups in total. The molecule has 0 fully saturated rings. The highest BCUT2D eigenvalue weighted by Crippen LogP contribution is 2.21. The van der Waals surface area contributed by atoms with Gasteiger partial charge in [0, 0.05) is 31.3 Å². The molecule has 2 aromatic heterocycles. The second-order valence-corrected chi connectivity index (χ2v) is 6.69. The van der Waals surface area contributed by atoms with Gasteiger partial charge in [-0.05, 0) is 30.3 Å². The maximum absolute atomic E-state index is 11.2. The zero-order valence-corrected chi connectivity index (χ0v) is 15.8. The molecule has 9 nitrogen and oxygen atoms in total. The molecule has 1 aromatic carbocycles. The Bertz CT molecular complexity index is 1060. The van der Waals surface area contributed by atoms with Crippen LogP contribution in [-0.2, 0) is 24.3 Å². The quantitative estimate of drug-likeness (QED) is 0.475. The first-order chi connectivity index (χ1) is 14.2. The van der Waals surface area contributed by atoms with Crippen molar-refractivity contribution >= 4 is 16.9 Å². The second kappa shape index (κ2) is 8.61. The third-order valence-corrected chi connectivity index (χ3v) is 4.67. The number of amides is 1. The van der Waals surface area contributed by atoms with Crippen molar-refractivity contribution in [3.8, 4) is 0 Å². The van der Waals surface area contributed by atoms with Crippen LogP contribution in [0.5, 0.6) is 0 Å². The molecule has 148 valence electrons. The molecule has 1 aliphatic rings. The molecular weight excluding hydrogens is 370 g/mol. The summed E-state index contributed by atoms with van der Waals surface area (Å²) in [6.07, 6.45) is 4.31. The summed E-state index contributed by atoms with van der Waals surface area (Å²) >= 11 is 0. The van der Waals surface area contributed by atoms with Crippen LogP contribution in [0.1, 0.15) is 17.9 Å². The van der Waals surface area contributed by atoms with Crippen LogP contribution in [0, 0.1) is 0 Å². The van der Waals surface area contributed by atoms with E-state index in [1.807, 2.05) is 36.4 Å². The van der Waals surface area contributed by atoms with Gasteiger partial charge in [0.05, 0.1) is 29.8 Å². The Morgan fingerprint density at radius 3 is 2.90 bits per heavy atom. The first-order valence-corrected chi connectivity index (χ1v) is 9.35. The maximum atomic E-state index is 11.2. The summed E-state index contributed by atoms with van der Waals surface area (Å²) in [4.78, 5) is 20.4. The summed E-state index contributed by atoms with van der Waals surface area (Å²) in [5, 5.41) is 18.7. The van der Waals surface area contributed by atoms with Gasteiger partial charge in [-0.1, -0.05) is 23.4 Å². The molecule has 1 aliphatic heterocycles. The Morgan fingerprint density at radius 2 is 2.07 bits per heavy atom. The largest absolute Gasteiger partial charge is 0.326 e. The average molecular weight is 391 g/mol. The van der Waals surface area contributed by atoms with Crippen molar-refractivity contribution in [2.45, 2.75) is 25.9 Å². The number of carbonyl (C=O) groups is 1.